The first-order valence-electron chi connectivity index (χ1n) is 6.61. The highest BCUT2D eigenvalue weighted by Crippen LogP contribution is 2.30. The Hall–Kier alpha value is -0.280. The summed E-state index contributed by atoms with van der Waals surface area (Å²) in [4.78, 5) is 2.45. The Kier molecular flexibility index (Phi) is 5.31. The van der Waals surface area contributed by atoms with E-state index in [1.165, 1.54) is 25.7 Å². The number of nitrogens with two attached hydrogens (primary N) is 1. The average Bonchev–Trinajstić information content (AvgIpc) is 2.64. The van der Waals surface area contributed by atoms with Crippen LogP contribution in [0.4, 0.5) is 0 Å². The van der Waals surface area contributed by atoms with E-state index in [0.717, 1.165) is 28.7 Å². The normalized spacial score (nSPS) is 19.5. The van der Waals surface area contributed by atoms with E-state index < -0.39 is 0 Å². The van der Waals surface area contributed by atoms with E-state index in [4.69, 9.17) is 28.9 Å². The predicted molar refractivity (Wildman–Crippen MR) is 78.3 cm³/mol. The van der Waals surface area contributed by atoms with Gasteiger partial charge in [-0.25, -0.2) is 0 Å². The molecule has 1 aromatic rings. The monoisotopic (exact) mass is 286 g/mol. The summed E-state index contributed by atoms with van der Waals surface area (Å²) in [6.45, 7) is 2.79. The average molecular weight is 287 g/mol. The van der Waals surface area contributed by atoms with Gasteiger partial charge in [0.25, 0.3) is 0 Å². The molecule has 0 spiro atoms. The molecule has 1 unspecified atom stereocenters. The van der Waals surface area contributed by atoms with Crippen LogP contribution in [0.1, 0.15) is 37.3 Å². The highest BCUT2D eigenvalue weighted by Gasteiger charge is 2.22. The summed E-state index contributed by atoms with van der Waals surface area (Å²) in [6, 6.07) is 5.82. The Morgan fingerprint density at radius 2 is 1.78 bits per heavy atom. The van der Waals surface area contributed by atoms with Gasteiger partial charge in [-0.1, -0.05) is 36.0 Å². The molecule has 2 rings (SSSR count). The molecule has 0 radical (unpaired) electrons. The number of likely N-dealkylation sites (tertiary alicyclic amines) is 1. The van der Waals surface area contributed by atoms with Gasteiger partial charge in [0.2, 0.25) is 0 Å². The summed E-state index contributed by atoms with van der Waals surface area (Å²) in [5.41, 5.74) is 7.03. The lowest BCUT2D eigenvalue weighted by molar-refractivity contribution is 0.210. The molecule has 0 amide bonds. The van der Waals surface area contributed by atoms with Gasteiger partial charge in [0, 0.05) is 22.6 Å². The molecular weight excluding hydrogens is 267 g/mol. The van der Waals surface area contributed by atoms with Crippen molar-refractivity contribution >= 4 is 23.2 Å². The smallest absolute Gasteiger partial charge is 0.0485 e. The van der Waals surface area contributed by atoms with Gasteiger partial charge in [0.15, 0.2) is 0 Å². The molecule has 2 N–H and O–H groups in total. The Labute approximate surface area is 119 Å². The third kappa shape index (κ3) is 3.39. The molecule has 0 aromatic heterocycles. The minimum atomic E-state index is 0.189. The van der Waals surface area contributed by atoms with E-state index in [2.05, 4.69) is 4.90 Å². The maximum atomic E-state index is 6.29. The van der Waals surface area contributed by atoms with E-state index in [1.54, 1.807) is 0 Å². The standard InChI is InChI=1S/C14H20Cl2N2/c15-11-5-6-13(16)12(9-11)14(10-17)18-7-3-1-2-4-8-18/h5-6,9,14H,1-4,7-8,10,17H2. The summed E-state index contributed by atoms with van der Waals surface area (Å²) >= 11 is 12.4. The van der Waals surface area contributed by atoms with Gasteiger partial charge < -0.3 is 5.73 Å². The number of hydrogen-bond acceptors (Lipinski definition) is 2. The van der Waals surface area contributed by atoms with Crippen LogP contribution in [0.2, 0.25) is 10.0 Å². The van der Waals surface area contributed by atoms with Crippen molar-refractivity contribution in [2.75, 3.05) is 19.6 Å². The SMILES string of the molecule is NCC(c1cc(Cl)ccc1Cl)N1CCCCCC1. The van der Waals surface area contributed by atoms with Gasteiger partial charge in [0.1, 0.15) is 0 Å². The van der Waals surface area contributed by atoms with Crippen molar-refractivity contribution in [3.8, 4) is 0 Å². The second-order valence-corrected chi connectivity index (χ2v) is 5.71. The van der Waals surface area contributed by atoms with Crippen LogP contribution >= 0.6 is 23.2 Å². The zero-order valence-corrected chi connectivity index (χ0v) is 12.1. The molecule has 1 atom stereocenters. The van der Waals surface area contributed by atoms with Gasteiger partial charge in [-0.2, -0.15) is 0 Å². The Morgan fingerprint density at radius 3 is 2.39 bits per heavy atom. The van der Waals surface area contributed by atoms with Crippen molar-refractivity contribution in [3.63, 3.8) is 0 Å². The van der Waals surface area contributed by atoms with Gasteiger partial charge in [-0.05, 0) is 49.7 Å². The molecule has 18 heavy (non-hydrogen) atoms. The van der Waals surface area contributed by atoms with Crippen LogP contribution in [0.5, 0.6) is 0 Å². The molecule has 1 aliphatic rings. The fourth-order valence-electron chi connectivity index (χ4n) is 2.65. The maximum Gasteiger partial charge on any atom is 0.0485 e. The Bertz CT molecular complexity index is 387. The molecule has 100 valence electrons. The molecule has 2 nitrogen and oxygen atoms in total. The first-order chi connectivity index (χ1) is 8.72. The van der Waals surface area contributed by atoms with Crippen LogP contribution in [0.15, 0.2) is 18.2 Å². The molecule has 1 fully saturated rings. The van der Waals surface area contributed by atoms with Crippen LogP contribution in [0.25, 0.3) is 0 Å². The number of halogens is 2. The largest absolute Gasteiger partial charge is 0.329 e. The molecule has 1 aromatic carbocycles. The van der Waals surface area contributed by atoms with Gasteiger partial charge in [0.05, 0.1) is 0 Å². The first kappa shape index (κ1) is 14.1. The molecule has 0 aliphatic carbocycles. The minimum Gasteiger partial charge on any atom is -0.329 e. The highest BCUT2D eigenvalue weighted by atomic mass is 35.5. The third-order valence-corrected chi connectivity index (χ3v) is 4.20. The van der Waals surface area contributed by atoms with E-state index in [0.29, 0.717) is 6.54 Å². The summed E-state index contributed by atoms with van der Waals surface area (Å²) in [6.07, 6.45) is 5.12. The molecule has 1 aliphatic heterocycles. The second kappa shape index (κ2) is 6.76. The van der Waals surface area contributed by atoms with Crippen LogP contribution in [0, 0.1) is 0 Å². The van der Waals surface area contributed by atoms with E-state index in [9.17, 15) is 0 Å². The quantitative estimate of drug-likeness (QED) is 0.914. The van der Waals surface area contributed by atoms with Gasteiger partial charge >= 0.3 is 0 Å². The number of rotatable bonds is 3. The van der Waals surface area contributed by atoms with E-state index in [1.807, 2.05) is 18.2 Å². The fraction of sp³-hybridized carbons (Fsp3) is 0.571. The Morgan fingerprint density at radius 1 is 1.11 bits per heavy atom. The molecule has 0 bridgehead atoms. The first-order valence-corrected chi connectivity index (χ1v) is 7.37. The van der Waals surface area contributed by atoms with Crippen molar-refractivity contribution < 1.29 is 0 Å². The number of nitrogens with zero attached hydrogens (tertiary/aromatic N) is 1. The topological polar surface area (TPSA) is 29.3 Å². The number of hydrogen-bond donors (Lipinski definition) is 1. The van der Waals surface area contributed by atoms with Gasteiger partial charge in [-0.3, -0.25) is 4.90 Å². The summed E-state index contributed by atoms with van der Waals surface area (Å²) in [5, 5.41) is 1.49. The van der Waals surface area contributed by atoms with Crippen molar-refractivity contribution in [2.45, 2.75) is 31.7 Å². The molecule has 4 heteroatoms. The Balaban J connectivity index is 2.23. The number of benzene rings is 1. The molecule has 1 saturated heterocycles. The van der Waals surface area contributed by atoms with Crippen molar-refractivity contribution in [1.29, 1.82) is 0 Å². The summed E-state index contributed by atoms with van der Waals surface area (Å²) < 4.78 is 0. The fourth-order valence-corrected chi connectivity index (χ4v) is 3.07. The zero-order chi connectivity index (χ0) is 13.0. The summed E-state index contributed by atoms with van der Waals surface area (Å²) in [7, 11) is 0. The van der Waals surface area contributed by atoms with Crippen LogP contribution in [-0.4, -0.2) is 24.5 Å². The molecule has 0 saturated carbocycles. The van der Waals surface area contributed by atoms with Crippen molar-refractivity contribution in [1.82, 2.24) is 4.90 Å². The summed E-state index contributed by atoms with van der Waals surface area (Å²) in [5.74, 6) is 0. The maximum absolute atomic E-state index is 6.29. The lowest BCUT2D eigenvalue weighted by atomic mass is 10.0. The lowest BCUT2D eigenvalue weighted by Crippen LogP contribution is -2.34. The van der Waals surface area contributed by atoms with Crippen LogP contribution < -0.4 is 5.73 Å². The van der Waals surface area contributed by atoms with Crippen molar-refractivity contribution in [3.05, 3.63) is 33.8 Å². The third-order valence-electron chi connectivity index (χ3n) is 3.62. The predicted octanol–water partition coefficient (Wildman–Crippen LogP) is 3.87. The van der Waals surface area contributed by atoms with Gasteiger partial charge in [-0.15, -0.1) is 0 Å². The molecular formula is C14H20Cl2N2. The van der Waals surface area contributed by atoms with Crippen LogP contribution in [0.3, 0.4) is 0 Å². The lowest BCUT2D eigenvalue weighted by Gasteiger charge is -2.30. The molecule has 1 heterocycles. The highest BCUT2D eigenvalue weighted by molar-refractivity contribution is 6.33. The zero-order valence-electron chi connectivity index (χ0n) is 10.5. The van der Waals surface area contributed by atoms with Crippen LogP contribution in [-0.2, 0) is 0 Å². The second-order valence-electron chi connectivity index (χ2n) is 4.87. The van der Waals surface area contributed by atoms with Crippen molar-refractivity contribution in [2.24, 2.45) is 5.73 Å². The van der Waals surface area contributed by atoms with E-state index in [-0.39, 0.29) is 6.04 Å². The minimum absolute atomic E-state index is 0.189. The van der Waals surface area contributed by atoms with E-state index >= 15 is 0 Å².